The van der Waals surface area contributed by atoms with Crippen LogP contribution in [0.4, 0.5) is 5.69 Å². The summed E-state index contributed by atoms with van der Waals surface area (Å²) in [5.74, 6) is -0.475. The number of nitrogens with zero attached hydrogens (tertiary/aromatic N) is 1. The molecule has 1 unspecified atom stereocenters. The number of fused-ring (bicyclic) bond motifs is 1. The minimum atomic E-state index is -0.607. The van der Waals surface area contributed by atoms with Gasteiger partial charge in [-0.15, -0.1) is 0 Å². The lowest BCUT2D eigenvalue weighted by Crippen LogP contribution is -2.21. The Morgan fingerprint density at radius 3 is 3.00 bits per heavy atom. The maximum Gasteiger partial charge on any atom is 0.420 e. The molecule has 0 fully saturated rings. The second-order valence-corrected chi connectivity index (χ2v) is 3.55. The first-order chi connectivity index (χ1) is 7.08. The number of hydrogen-bond acceptors (Lipinski definition) is 4. The molecule has 0 radical (unpaired) electrons. The van der Waals surface area contributed by atoms with E-state index in [0.717, 1.165) is 0 Å². The second-order valence-electron chi connectivity index (χ2n) is 3.55. The molecular formula is C10H12N2O3. The highest BCUT2D eigenvalue weighted by molar-refractivity contribution is 5.76. The smallest absolute Gasteiger partial charge is 0.408 e. The van der Waals surface area contributed by atoms with Gasteiger partial charge >= 0.3 is 5.76 Å². The molecule has 1 aromatic heterocycles. The van der Waals surface area contributed by atoms with Crippen molar-refractivity contribution in [3.05, 3.63) is 28.7 Å². The lowest BCUT2D eigenvalue weighted by Gasteiger charge is -2.04. The number of aliphatic hydroxyl groups is 1. The zero-order chi connectivity index (χ0) is 11.0. The predicted octanol–water partition coefficient (Wildman–Crippen LogP) is 0.558. The Hall–Kier alpha value is -1.75. The Morgan fingerprint density at radius 1 is 1.60 bits per heavy atom. The number of hydrogen-bond donors (Lipinski definition) is 2. The Kier molecular flexibility index (Phi) is 2.24. The van der Waals surface area contributed by atoms with Crippen LogP contribution in [0.2, 0.25) is 0 Å². The number of aromatic nitrogens is 1. The van der Waals surface area contributed by atoms with Crippen LogP contribution in [-0.2, 0) is 6.54 Å². The zero-order valence-corrected chi connectivity index (χ0v) is 8.30. The van der Waals surface area contributed by atoms with Gasteiger partial charge in [-0.1, -0.05) is 0 Å². The van der Waals surface area contributed by atoms with Gasteiger partial charge in [-0.2, -0.15) is 0 Å². The summed E-state index contributed by atoms with van der Waals surface area (Å²) in [4.78, 5) is 11.4. The molecule has 1 atom stereocenters. The summed E-state index contributed by atoms with van der Waals surface area (Å²) >= 11 is 0. The minimum absolute atomic E-state index is 0.204. The third kappa shape index (κ3) is 1.73. The number of nitrogens with two attached hydrogens (primary N) is 1. The monoisotopic (exact) mass is 208 g/mol. The van der Waals surface area contributed by atoms with Crippen molar-refractivity contribution in [3.8, 4) is 0 Å². The summed E-state index contributed by atoms with van der Waals surface area (Å²) in [5.41, 5.74) is 7.26. The summed E-state index contributed by atoms with van der Waals surface area (Å²) in [6, 6.07) is 4.96. The molecule has 0 aliphatic heterocycles. The van der Waals surface area contributed by atoms with E-state index in [2.05, 4.69) is 0 Å². The molecule has 80 valence electrons. The summed E-state index contributed by atoms with van der Waals surface area (Å²) in [6.45, 7) is 1.81. The second kappa shape index (κ2) is 3.43. The van der Waals surface area contributed by atoms with E-state index in [9.17, 15) is 9.90 Å². The quantitative estimate of drug-likeness (QED) is 0.706. The molecule has 1 aromatic carbocycles. The number of anilines is 1. The number of benzene rings is 1. The number of oxazole rings is 1. The van der Waals surface area contributed by atoms with Gasteiger partial charge in [-0.3, -0.25) is 4.57 Å². The van der Waals surface area contributed by atoms with E-state index in [4.69, 9.17) is 10.2 Å². The number of aliphatic hydroxyl groups excluding tert-OH is 1. The molecule has 3 N–H and O–H groups in total. The average Bonchev–Trinajstić information content (AvgIpc) is 2.43. The highest BCUT2D eigenvalue weighted by Crippen LogP contribution is 2.16. The van der Waals surface area contributed by atoms with Crippen LogP contribution in [0.25, 0.3) is 11.1 Å². The molecule has 0 aliphatic carbocycles. The van der Waals surface area contributed by atoms with Crippen LogP contribution in [0.1, 0.15) is 6.92 Å². The normalized spacial score (nSPS) is 13.2. The molecule has 15 heavy (non-hydrogen) atoms. The van der Waals surface area contributed by atoms with Crippen molar-refractivity contribution in [1.29, 1.82) is 0 Å². The van der Waals surface area contributed by atoms with E-state index in [1.165, 1.54) is 4.57 Å². The van der Waals surface area contributed by atoms with Gasteiger partial charge in [-0.25, -0.2) is 4.79 Å². The molecule has 2 aromatic rings. The zero-order valence-electron chi connectivity index (χ0n) is 8.30. The molecule has 0 saturated heterocycles. The van der Waals surface area contributed by atoms with Gasteiger partial charge in [0.15, 0.2) is 5.58 Å². The van der Waals surface area contributed by atoms with E-state index in [1.807, 2.05) is 0 Å². The van der Waals surface area contributed by atoms with E-state index in [1.54, 1.807) is 25.1 Å². The van der Waals surface area contributed by atoms with Gasteiger partial charge in [0.05, 0.1) is 18.2 Å². The molecule has 1 heterocycles. The van der Waals surface area contributed by atoms with Gasteiger partial charge < -0.3 is 15.3 Å². The van der Waals surface area contributed by atoms with Crippen molar-refractivity contribution < 1.29 is 9.52 Å². The van der Waals surface area contributed by atoms with Crippen molar-refractivity contribution in [2.75, 3.05) is 5.73 Å². The standard InChI is InChI=1S/C10H12N2O3/c1-6(13)5-12-8-4-7(11)2-3-9(8)15-10(12)14/h2-4,6,13H,5,11H2,1H3. The van der Waals surface area contributed by atoms with Crippen LogP contribution in [0.3, 0.4) is 0 Å². The van der Waals surface area contributed by atoms with E-state index in [0.29, 0.717) is 16.8 Å². The Balaban J connectivity index is 2.65. The molecule has 0 amide bonds. The summed E-state index contributed by atoms with van der Waals surface area (Å²) in [7, 11) is 0. The molecule has 2 rings (SSSR count). The lowest BCUT2D eigenvalue weighted by molar-refractivity contribution is 0.171. The highest BCUT2D eigenvalue weighted by Gasteiger charge is 2.10. The molecule has 5 heteroatoms. The maximum absolute atomic E-state index is 11.4. The van der Waals surface area contributed by atoms with Crippen LogP contribution in [0.15, 0.2) is 27.4 Å². The van der Waals surface area contributed by atoms with Crippen molar-refractivity contribution >= 4 is 16.8 Å². The summed E-state index contributed by atoms with van der Waals surface area (Å²) < 4.78 is 6.37. The summed E-state index contributed by atoms with van der Waals surface area (Å²) in [5, 5.41) is 9.24. The Labute approximate surface area is 85.7 Å². The van der Waals surface area contributed by atoms with E-state index < -0.39 is 11.9 Å². The van der Waals surface area contributed by atoms with Gasteiger partial charge in [0.2, 0.25) is 0 Å². The van der Waals surface area contributed by atoms with Crippen LogP contribution in [0.5, 0.6) is 0 Å². The van der Waals surface area contributed by atoms with Gasteiger partial charge in [0.25, 0.3) is 0 Å². The topological polar surface area (TPSA) is 81.4 Å². The van der Waals surface area contributed by atoms with Crippen molar-refractivity contribution in [1.82, 2.24) is 4.57 Å². The number of rotatable bonds is 2. The van der Waals surface area contributed by atoms with Gasteiger partial charge in [-0.05, 0) is 25.1 Å². The maximum atomic E-state index is 11.4. The van der Waals surface area contributed by atoms with Gasteiger partial charge in [0, 0.05) is 5.69 Å². The van der Waals surface area contributed by atoms with E-state index >= 15 is 0 Å². The SMILES string of the molecule is CC(O)Cn1c(=O)oc2ccc(N)cc21. The fraction of sp³-hybridized carbons (Fsp3) is 0.300. The van der Waals surface area contributed by atoms with Crippen LogP contribution < -0.4 is 11.5 Å². The molecular weight excluding hydrogens is 196 g/mol. The fourth-order valence-electron chi connectivity index (χ4n) is 1.52. The third-order valence-corrected chi connectivity index (χ3v) is 2.14. The van der Waals surface area contributed by atoms with Crippen molar-refractivity contribution in [2.24, 2.45) is 0 Å². The fourth-order valence-corrected chi connectivity index (χ4v) is 1.52. The van der Waals surface area contributed by atoms with Crippen LogP contribution in [-0.4, -0.2) is 15.8 Å². The first kappa shape index (κ1) is 9.79. The summed E-state index contributed by atoms with van der Waals surface area (Å²) in [6.07, 6.45) is -0.607. The predicted molar refractivity (Wildman–Crippen MR) is 56.6 cm³/mol. The highest BCUT2D eigenvalue weighted by atomic mass is 16.4. The third-order valence-electron chi connectivity index (χ3n) is 2.14. The Morgan fingerprint density at radius 2 is 2.33 bits per heavy atom. The largest absolute Gasteiger partial charge is 0.420 e. The molecule has 0 aliphatic rings. The first-order valence-corrected chi connectivity index (χ1v) is 4.65. The van der Waals surface area contributed by atoms with Crippen LogP contribution in [0, 0.1) is 0 Å². The van der Waals surface area contributed by atoms with Crippen molar-refractivity contribution in [3.63, 3.8) is 0 Å². The van der Waals surface area contributed by atoms with Crippen molar-refractivity contribution in [2.45, 2.75) is 19.6 Å². The Bertz CT molecular complexity index is 539. The minimum Gasteiger partial charge on any atom is -0.408 e. The molecule has 5 nitrogen and oxygen atoms in total. The van der Waals surface area contributed by atoms with E-state index in [-0.39, 0.29) is 6.54 Å². The number of nitrogen functional groups attached to an aromatic ring is 1. The molecule has 0 spiro atoms. The lowest BCUT2D eigenvalue weighted by atomic mass is 10.3. The van der Waals surface area contributed by atoms with Crippen LogP contribution >= 0.6 is 0 Å². The van der Waals surface area contributed by atoms with Gasteiger partial charge in [0.1, 0.15) is 0 Å². The average molecular weight is 208 g/mol. The molecule has 0 bridgehead atoms. The molecule has 0 saturated carbocycles. The first-order valence-electron chi connectivity index (χ1n) is 4.65.